The zero-order valence-electron chi connectivity index (χ0n) is 20.2. The molecule has 6 heteroatoms. The van der Waals surface area contributed by atoms with Crippen molar-refractivity contribution >= 4 is 16.5 Å². The van der Waals surface area contributed by atoms with Gasteiger partial charge >= 0.3 is 0 Å². The van der Waals surface area contributed by atoms with Crippen molar-refractivity contribution in [2.45, 2.75) is 109 Å². The van der Waals surface area contributed by atoms with Crippen LogP contribution in [0.5, 0.6) is 0 Å². The van der Waals surface area contributed by atoms with Crippen LogP contribution in [0.1, 0.15) is 102 Å². The van der Waals surface area contributed by atoms with Crippen LogP contribution in [-0.2, 0) is 10.1 Å². The van der Waals surface area contributed by atoms with Crippen molar-refractivity contribution < 1.29 is 17.9 Å². The van der Waals surface area contributed by atoms with Gasteiger partial charge in [0.1, 0.15) is 16.3 Å². The van der Waals surface area contributed by atoms with Crippen molar-refractivity contribution in [1.82, 2.24) is 0 Å². The van der Waals surface area contributed by atoms with E-state index in [4.69, 9.17) is 0 Å². The van der Waals surface area contributed by atoms with Crippen molar-refractivity contribution in [3.8, 4) is 0 Å². The standard InChI is InChI=1S/C19H36N2.C7H8O3S/c1-2-3-4-5-6-7-8-9-10-11-12-13-14-15-17-21-18-16-20-19-21;1-6-2-4-7(5-3-6)11(8,9)10/h16,18-19H,2-15,17H2,1H3;2-5H,1H3,(H,8,9,10). The smallest absolute Gasteiger partial charge is 0.193 e. The average Bonchev–Trinajstić information content (AvgIpc) is 3.28. The van der Waals surface area contributed by atoms with Gasteiger partial charge in [0.25, 0.3) is 0 Å². The van der Waals surface area contributed by atoms with Gasteiger partial charge in [0, 0.05) is 0 Å². The number of rotatable bonds is 16. The van der Waals surface area contributed by atoms with Gasteiger partial charge in [-0.15, -0.1) is 0 Å². The molecule has 0 bridgehead atoms. The molecule has 1 heterocycles. The van der Waals surface area contributed by atoms with E-state index in [1.807, 2.05) is 19.5 Å². The molecule has 182 valence electrons. The third kappa shape index (κ3) is 15.3. The van der Waals surface area contributed by atoms with E-state index < -0.39 is 10.1 Å². The van der Waals surface area contributed by atoms with E-state index in [1.165, 1.54) is 113 Å². The van der Waals surface area contributed by atoms with Crippen LogP contribution in [0.25, 0.3) is 0 Å². The lowest BCUT2D eigenvalue weighted by atomic mass is 10.0. The molecule has 2 rings (SSSR count). The molecule has 1 atom stereocenters. The molecule has 0 amide bonds. The minimum atomic E-state index is -4.27. The second kappa shape index (κ2) is 18.0. The fraction of sp³-hybridized carbons (Fsp3) is 0.654. The molecule has 1 aromatic rings. The first kappa shape index (κ1) is 28.5. The molecule has 1 aliphatic heterocycles. The maximum atomic E-state index is 10.4. The highest BCUT2D eigenvalue weighted by molar-refractivity contribution is 7.85. The molecule has 0 aromatic heterocycles. The van der Waals surface area contributed by atoms with Crippen molar-refractivity contribution in [1.29, 1.82) is 0 Å². The van der Waals surface area contributed by atoms with E-state index in [0.29, 0.717) is 0 Å². The summed E-state index contributed by atoms with van der Waals surface area (Å²) in [7, 11) is -4.27. The van der Waals surface area contributed by atoms with Crippen LogP contribution in [0.2, 0.25) is 0 Å². The Morgan fingerprint density at radius 2 is 1.25 bits per heavy atom. The van der Waals surface area contributed by atoms with Crippen LogP contribution in [0, 0.1) is 6.92 Å². The van der Waals surface area contributed by atoms with E-state index in [-0.39, 0.29) is 4.90 Å². The van der Waals surface area contributed by atoms with Gasteiger partial charge in [-0.2, -0.15) is 0 Å². The van der Waals surface area contributed by atoms with Gasteiger partial charge in [-0.05, 0) is 31.9 Å². The SMILES string of the molecule is CCCCCCCCCCCCCCCC[NH+]1C=CN=C1.Cc1ccc(S(=O)(=O)[O-])cc1. The van der Waals surface area contributed by atoms with E-state index in [0.717, 1.165) is 5.56 Å². The highest BCUT2D eigenvalue weighted by Crippen LogP contribution is 2.12. The summed E-state index contributed by atoms with van der Waals surface area (Å²) >= 11 is 0. The van der Waals surface area contributed by atoms with Crippen LogP contribution in [0.4, 0.5) is 0 Å². The summed E-state index contributed by atoms with van der Waals surface area (Å²) < 4.78 is 31.2. The summed E-state index contributed by atoms with van der Waals surface area (Å²) in [6, 6.07) is 5.78. The van der Waals surface area contributed by atoms with Gasteiger partial charge in [0.05, 0.1) is 17.6 Å². The van der Waals surface area contributed by atoms with Crippen LogP contribution < -0.4 is 4.90 Å². The second-order valence-corrected chi connectivity index (χ2v) is 10.2. The summed E-state index contributed by atoms with van der Waals surface area (Å²) in [6.45, 7) is 5.33. The predicted octanol–water partition coefficient (Wildman–Crippen LogP) is 5.76. The maximum Gasteiger partial charge on any atom is 0.193 e. The fourth-order valence-electron chi connectivity index (χ4n) is 3.70. The van der Waals surface area contributed by atoms with Crippen molar-refractivity contribution in [3.05, 3.63) is 42.2 Å². The third-order valence-corrected chi connectivity index (χ3v) is 6.59. The molecule has 1 N–H and O–H groups in total. The molecular formula is C26H44N2O3S. The van der Waals surface area contributed by atoms with Gasteiger partial charge in [-0.3, -0.25) is 4.90 Å². The first-order chi connectivity index (χ1) is 15.4. The Balaban J connectivity index is 0.000000389. The van der Waals surface area contributed by atoms with Crippen LogP contribution in [0.15, 0.2) is 46.6 Å². The lowest BCUT2D eigenvalue weighted by Gasteiger charge is -2.05. The molecule has 0 spiro atoms. The largest absolute Gasteiger partial charge is 0.744 e. The van der Waals surface area contributed by atoms with Crippen LogP contribution in [-0.4, -0.2) is 25.9 Å². The molecule has 0 saturated heterocycles. The quantitative estimate of drug-likeness (QED) is 0.249. The van der Waals surface area contributed by atoms with E-state index in [1.54, 1.807) is 12.1 Å². The predicted molar refractivity (Wildman–Crippen MR) is 133 cm³/mol. The maximum absolute atomic E-state index is 10.4. The fourth-order valence-corrected chi connectivity index (χ4v) is 4.17. The zero-order valence-corrected chi connectivity index (χ0v) is 21.0. The Morgan fingerprint density at radius 3 is 1.66 bits per heavy atom. The van der Waals surface area contributed by atoms with Crippen molar-refractivity contribution in [2.75, 3.05) is 6.54 Å². The molecule has 1 aliphatic rings. The van der Waals surface area contributed by atoms with Gasteiger partial charge in [0.15, 0.2) is 6.34 Å². The average molecular weight is 465 g/mol. The number of quaternary nitrogens is 1. The highest BCUT2D eigenvalue weighted by atomic mass is 32.2. The van der Waals surface area contributed by atoms with E-state index in [2.05, 4.69) is 18.1 Å². The molecule has 32 heavy (non-hydrogen) atoms. The Bertz CT molecular complexity index is 731. The highest BCUT2D eigenvalue weighted by Gasteiger charge is 2.04. The normalized spacial score (nSPS) is 15.0. The molecule has 1 unspecified atom stereocenters. The lowest BCUT2D eigenvalue weighted by Crippen LogP contribution is -3.05. The summed E-state index contributed by atoms with van der Waals surface area (Å²) in [5.74, 6) is 0. The number of hydrogen-bond acceptors (Lipinski definition) is 4. The minimum Gasteiger partial charge on any atom is -0.744 e. The lowest BCUT2D eigenvalue weighted by molar-refractivity contribution is -0.736. The first-order valence-corrected chi connectivity index (χ1v) is 13.9. The number of benzene rings is 1. The van der Waals surface area contributed by atoms with E-state index >= 15 is 0 Å². The minimum absolute atomic E-state index is 0.178. The third-order valence-electron chi connectivity index (χ3n) is 5.74. The number of aliphatic imine (C=N–C) groups is 1. The molecule has 0 radical (unpaired) electrons. The molecular weight excluding hydrogens is 420 g/mol. The number of unbranched alkanes of at least 4 members (excludes halogenated alkanes) is 13. The van der Waals surface area contributed by atoms with Crippen molar-refractivity contribution in [3.63, 3.8) is 0 Å². The van der Waals surface area contributed by atoms with Gasteiger partial charge in [-0.25, -0.2) is 13.4 Å². The number of nitrogens with one attached hydrogen (secondary N) is 1. The molecule has 0 saturated carbocycles. The summed E-state index contributed by atoms with van der Waals surface area (Å²) in [5, 5.41) is 0. The van der Waals surface area contributed by atoms with Crippen LogP contribution in [0.3, 0.4) is 0 Å². The van der Waals surface area contributed by atoms with Gasteiger partial charge < -0.3 is 4.55 Å². The Morgan fingerprint density at radius 1 is 0.781 bits per heavy atom. The molecule has 5 nitrogen and oxygen atoms in total. The summed E-state index contributed by atoms with van der Waals surface area (Å²) in [5.41, 5.74) is 0.928. The summed E-state index contributed by atoms with van der Waals surface area (Å²) in [4.78, 5) is 5.34. The van der Waals surface area contributed by atoms with E-state index in [9.17, 15) is 13.0 Å². The monoisotopic (exact) mass is 464 g/mol. The number of hydrogen-bond donors (Lipinski definition) is 1. The zero-order chi connectivity index (χ0) is 23.5. The number of aryl methyl sites for hydroxylation is 1. The Kier molecular flexibility index (Phi) is 16.0. The van der Waals surface area contributed by atoms with Gasteiger partial charge in [0.2, 0.25) is 0 Å². The number of nitrogens with zero attached hydrogens (tertiary/aromatic N) is 1. The van der Waals surface area contributed by atoms with Gasteiger partial charge in [-0.1, -0.05) is 102 Å². The Labute approximate surface area is 196 Å². The summed E-state index contributed by atoms with van der Waals surface area (Å²) in [6.07, 6.45) is 26.1. The topological polar surface area (TPSA) is 74.0 Å². The molecule has 0 fully saturated rings. The van der Waals surface area contributed by atoms with Crippen LogP contribution >= 0.6 is 0 Å². The first-order valence-electron chi connectivity index (χ1n) is 12.5. The Hall–Kier alpha value is -1.50. The molecule has 0 aliphatic carbocycles. The molecule has 1 aromatic carbocycles. The second-order valence-electron chi connectivity index (χ2n) is 8.78. The van der Waals surface area contributed by atoms with Crippen molar-refractivity contribution in [2.24, 2.45) is 4.99 Å².